The summed E-state index contributed by atoms with van der Waals surface area (Å²) in [5.74, 6) is 2.24. The first-order valence-corrected chi connectivity index (χ1v) is 9.25. The molecule has 1 aromatic heterocycles. The third-order valence-corrected chi connectivity index (χ3v) is 4.89. The Balaban J connectivity index is 1.44. The highest BCUT2D eigenvalue weighted by Gasteiger charge is 2.18. The van der Waals surface area contributed by atoms with Crippen LogP contribution in [0.5, 0.6) is 11.5 Å². The average Bonchev–Trinajstić information content (AvgIpc) is 2.96. The predicted molar refractivity (Wildman–Crippen MR) is 103 cm³/mol. The molecule has 0 aliphatic carbocycles. The van der Waals surface area contributed by atoms with Gasteiger partial charge in [0, 0.05) is 17.2 Å². The van der Waals surface area contributed by atoms with Gasteiger partial charge in [0.25, 0.3) is 0 Å². The van der Waals surface area contributed by atoms with E-state index in [9.17, 15) is 5.11 Å². The van der Waals surface area contributed by atoms with Crippen LogP contribution in [0.2, 0.25) is 5.02 Å². The van der Waals surface area contributed by atoms with E-state index in [0.29, 0.717) is 42.9 Å². The maximum absolute atomic E-state index is 10.4. The van der Waals surface area contributed by atoms with Crippen LogP contribution in [0.15, 0.2) is 36.4 Å². The number of ether oxygens (including phenoxy) is 3. The van der Waals surface area contributed by atoms with Crippen molar-refractivity contribution >= 4 is 22.6 Å². The van der Waals surface area contributed by atoms with Crippen molar-refractivity contribution in [1.29, 1.82) is 0 Å². The van der Waals surface area contributed by atoms with Gasteiger partial charge in [0.05, 0.1) is 36.9 Å². The molecule has 3 aromatic rings. The van der Waals surface area contributed by atoms with E-state index in [1.807, 2.05) is 47.9 Å². The number of hydrogen-bond acceptors (Lipinski definition) is 5. The van der Waals surface area contributed by atoms with Gasteiger partial charge < -0.3 is 23.9 Å². The Labute approximate surface area is 162 Å². The molecule has 0 fully saturated rings. The van der Waals surface area contributed by atoms with Crippen LogP contribution in [0.1, 0.15) is 11.4 Å². The van der Waals surface area contributed by atoms with Crippen LogP contribution in [0.3, 0.4) is 0 Å². The van der Waals surface area contributed by atoms with Crippen molar-refractivity contribution in [3.8, 4) is 11.5 Å². The number of rotatable bonds is 6. The third kappa shape index (κ3) is 3.88. The summed E-state index contributed by atoms with van der Waals surface area (Å²) in [6.07, 6.45) is -0.670. The first-order chi connectivity index (χ1) is 13.1. The number of nitrogens with zero attached hydrogens (tertiary/aromatic N) is 2. The highest BCUT2D eigenvalue weighted by molar-refractivity contribution is 6.31. The molecule has 1 atom stereocenters. The Morgan fingerprint density at radius 2 is 1.96 bits per heavy atom. The van der Waals surface area contributed by atoms with Gasteiger partial charge in [0.15, 0.2) is 11.5 Å². The molecule has 0 spiro atoms. The van der Waals surface area contributed by atoms with E-state index in [1.54, 1.807) is 0 Å². The van der Waals surface area contributed by atoms with Crippen molar-refractivity contribution in [1.82, 2.24) is 9.55 Å². The van der Waals surface area contributed by atoms with Gasteiger partial charge in [-0.2, -0.15) is 0 Å². The van der Waals surface area contributed by atoms with E-state index in [1.165, 1.54) is 0 Å². The maximum Gasteiger partial charge on any atom is 0.163 e. The van der Waals surface area contributed by atoms with Gasteiger partial charge in [-0.1, -0.05) is 29.8 Å². The summed E-state index contributed by atoms with van der Waals surface area (Å²) in [6, 6.07) is 11.3. The largest absolute Gasteiger partial charge is 0.486 e. The van der Waals surface area contributed by atoms with E-state index in [0.717, 1.165) is 22.4 Å². The topological polar surface area (TPSA) is 65.7 Å². The van der Waals surface area contributed by atoms with Crippen LogP contribution in [-0.4, -0.2) is 40.6 Å². The Kier molecular flexibility index (Phi) is 5.20. The Morgan fingerprint density at radius 1 is 1.22 bits per heavy atom. The standard InChI is InChI=1S/C20H21ClN2O4/c1-13-22-17-8-19-20(27-7-6-26-19)9-18(17)23(13)10-15(24)12-25-11-14-4-2-3-5-16(14)21/h2-5,8-9,15,24H,6-7,10-12H2,1H3/t15-/m0/s1. The van der Waals surface area contributed by atoms with E-state index >= 15 is 0 Å². The number of fused-ring (bicyclic) bond motifs is 2. The van der Waals surface area contributed by atoms with Gasteiger partial charge >= 0.3 is 0 Å². The highest BCUT2D eigenvalue weighted by atomic mass is 35.5. The van der Waals surface area contributed by atoms with Crippen molar-refractivity contribution in [2.75, 3.05) is 19.8 Å². The van der Waals surface area contributed by atoms with Crippen molar-refractivity contribution in [3.63, 3.8) is 0 Å². The van der Waals surface area contributed by atoms with Gasteiger partial charge in [-0.05, 0) is 18.6 Å². The normalized spacial score (nSPS) is 14.5. The zero-order valence-corrected chi connectivity index (χ0v) is 15.8. The number of aryl methyl sites for hydroxylation is 1. The van der Waals surface area contributed by atoms with E-state index < -0.39 is 6.10 Å². The lowest BCUT2D eigenvalue weighted by atomic mass is 10.2. The molecular weight excluding hydrogens is 368 g/mol. The molecular formula is C20H21ClN2O4. The fourth-order valence-electron chi connectivity index (χ4n) is 3.20. The maximum atomic E-state index is 10.4. The number of benzene rings is 2. The van der Waals surface area contributed by atoms with Crippen LogP contribution in [0, 0.1) is 6.92 Å². The summed E-state index contributed by atoms with van der Waals surface area (Å²) in [5.41, 5.74) is 2.63. The minimum absolute atomic E-state index is 0.203. The van der Waals surface area contributed by atoms with Crippen LogP contribution in [-0.2, 0) is 17.9 Å². The van der Waals surface area contributed by atoms with Crippen molar-refractivity contribution in [2.45, 2.75) is 26.2 Å². The Morgan fingerprint density at radius 3 is 2.74 bits per heavy atom. The average molecular weight is 389 g/mol. The molecule has 0 radical (unpaired) electrons. The van der Waals surface area contributed by atoms with Crippen LogP contribution in [0.4, 0.5) is 0 Å². The fourth-order valence-corrected chi connectivity index (χ4v) is 3.39. The molecule has 142 valence electrons. The Hall–Kier alpha value is -2.28. The number of aliphatic hydroxyl groups excluding tert-OH is 1. The molecule has 0 unspecified atom stereocenters. The van der Waals surface area contributed by atoms with Crippen molar-refractivity contribution in [3.05, 3.63) is 52.8 Å². The summed E-state index contributed by atoms with van der Waals surface area (Å²) < 4.78 is 18.9. The molecule has 1 aliphatic rings. The van der Waals surface area contributed by atoms with Gasteiger partial charge in [-0.15, -0.1) is 0 Å². The first kappa shape index (κ1) is 18.1. The molecule has 2 heterocycles. The lowest BCUT2D eigenvalue weighted by molar-refractivity contribution is 0.0206. The summed E-state index contributed by atoms with van der Waals surface area (Å²) in [7, 11) is 0. The molecule has 1 N–H and O–H groups in total. The number of hydrogen-bond donors (Lipinski definition) is 1. The second-order valence-corrected chi connectivity index (χ2v) is 6.92. The summed E-state index contributed by atoms with van der Waals surface area (Å²) in [5, 5.41) is 11.1. The van der Waals surface area contributed by atoms with Gasteiger partial charge in [-0.3, -0.25) is 0 Å². The zero-order chi connectivity index (χ0) is 18.8. The second kappa shape index (κ2) is 7.76. The monoisotopic (exact) mass is 388 g/mol. The number of aromatic nitrogens is 2. The molecule has 0 saturated carbocycles. The second-order valence-electron chi connectivity index (χ2n) is 6.51. The molecule has 2 aromatic carbocycles. The SMILES string of the molecule is Cc1nc2cc3c(cc2n1C[C@H](O)COCc1ccccc1Cl)OCCO3. The summed E-state index contributed by atoms with van der Waals surface area (Å²) in [4.78, 5) is 4.57. The third-order valence-electron chi connectivity index (χ3n) is 4.52. The van der Waals surface area contributed by atoms with E-state index in [4.69, 9.17) is 25.8 Å². The fraction of sp³-hybridized carbons (Fsp3) is 0.350. The van der Waals surface area contributed by atoms with Gasteiger partial charge in [0.2, 0.25) is 0 Å². The molecule has 6 nitrogen and oxygen atoms in total. The first-order valence-electron chi connectivity index (χ1n) is 8.87. The molecule has 27 heavy (non-hydrogen) atoms. The van der Waals surface area contributed by atoms with Crippen molar-refractivity contribution < 1.29 is 19.3 Å². The van der Waals surface area contributed by atoms with E-state index in [-0.39, 0.29) is 6.61 Å². The van der Waals surface area contributed by atoms with Crippen LogP contribution >= 0.6 is 11.6 Å². The Bertz CT molecular complexity index is 957. The van der Waals surface area contributed by atoms with E-state index in [2.05, 4.69) is 4.98 Å². The molecule has 0 bridgehead atoms. The highest BCUT2D eigenvalue weighted by Crippen LogP contribution is 2.34. The quantitative estimate of drug-likeness (QED) is 0.701. The number of imidazole rings is 1. The lowest BCUT2D eigenvalue weighted by Crippen LogP contribution is -2.22. The minimum atomic E-state index is -0.670. The molecule has 0 amide bonds. The van der Waals surface area contributed by atoms with Crippen molar-refractivity contribution in [2.24, 2.45) is 0 Å². The van der Waals surface area contributed by atoms with Gasteiger partial charge in [-0.25, -0.2) is 4.98 Å². The summed E-state index contributed by atoms with van der Waals surface area (Å²) in [6.45, 7) is 3.93. The van der Waals surface area contributed by atoms with Gasteiger partial charge in [0.1, 0.15) is 19.0 Å². The molecule has 7 heteroatoms. The molecule has 4 rings (SSSR count). The summed E-state index contributed by atoms with van der Waals surface area (Å²) >= 11 is 6.12. The smallest absolute Gasteiger partial charge is 0.163 e. The zero-order valence-electron chi connectivity index (χ0n) is 15.0. The predicted octanol–water partition coefficient (Wildman–Crippen LogP) is 3.35. The number of aliphatic hydroxyl groups is 1. The lowest BCUT2D eigenvalue weighted by Gasteiger charge is -2.19. The molecule has 0 saturated heterocycles. The van der Waals surface area contributed by atoms with Crippen LogP contribution in [0.25, 0.3) is 11.0 Å². The van der Waals surface area contributed by atoms with Crippen LogP contribution < -0.4 is 9.47 Å². The number of halogens is 1. The molecule has 1 aliphatic heterocycles. The minimum Gasteiger partial charge on any atom is -0.486 e.